The Morgan fingerprint density at radius 1 is 1.21 bits per heavy atom. The van der Waals surface area contributed by atoms with Gasteiger partial charge in [0.05, 0.1) is 13.4 Å². The molecule has 5 nitrogen and oxygen atoms in total. The van der Waals surface area contributed by atoms with Crippen LogP contribution in [-0.4, -0.2) is 24.0 Å². The van der Waals surface area contributed by atoms with E-state index in [1.165, 1.54) is 26.4 Å². The average molecular weight is 260 g/mol. The SMILES string of the molecule is COc1ccc(C(C)=O)c(-c2occc2C(=O)O)c1. The van der Waals surface area contributed by atoms with Gasteiger partial charge in [-0.1, -0.05) is 0 Å². The maximum absolute atomic E-state index is 11.6. The number of carboxylic acids is 1. The predicted molar refractivity (Wildman–Crippen MR) is 67.7 cm³/mol. The van der Waals surface area contributed by atoms with Crippen molar-refractivity contribution in [1.29, 1.82) is 0 Å². The molecular weight excluding hydrogens is 248 g/mol. The smallest absolute Gasteiger partial charge is 0.339 e. The summed E-state index contributed by atoms with van der Waals surface area (Å²) < 4.78 is 10.3. The van der Waals surface area contributed by atoms with Crippen LogP contribution in [0, 0.1) is 0 Å². The van der Waals surface area contributed by atoms with E-state index in [2.05, 4.69) is 0 Å². The minimum absolute atomic E-state index is 0.00996. The van der Waals surface area contributed by atoms with Gasteiger partial charge in [-0.05, 0) is 31.2 Å². The molecule has 0 aliphatic heterocycles. The Labute approximate surface area is 109 Å². The van der Waals surface area contributed by atoms with Crippen molar-refractivity contribution < 1.29 is 23.8 Å². The summed E-state index contributed by atoms with van der Waals surface area (Å²) in [7, 11) is 1.49. The number of carbonyl (C=O) groups excluding carboxylic acids is 1. The molecule has 19 heavy (non-hydrogen) atoms. The Hall–Kier alpha value is -2.56. The number of carbonyl (C=O) groups is 2. The van der Waals surface area contributed by atoms with Crippen LogP contribution in [0.15, 0.2) is 34.9 Å². The van der Waals surface area contributed by atoms with Crippen molar-refractivity contribution >= 4 is 11.8 Å². The van der Waals surface area contributed by atoms with Crippen LogP contribution in [0.2, 0.25) is 0 Å². The van der Waals surface area contributed by atoms with Gasteiger partial charge >= 0.3 is 5.97 Å². The maximum atomic E-state index is 11.6. The second-order valence-electron chi connectivity index (χ2n) is 3.94. The molecule has 5 heteroatoms. The molecule has 0 atom stereocenters. The molecule has 0 fully saturated rings. The van der Waals surface area contributed by atoms with Crippen LogP contribution in [0.1, 0.15) is 27.6 Å². The van der Waals surface area contributed by atoms with Crippen molar-refractivity contribution in [3.05, 3.63) is 41.7 Å². The Morgan fingerprint density at radius 2 is 1.95 bits per heavy atom. The van der Waals surface area contributed by atoms with Gasteiger partial charge < -0.3 is 14.3 Å². The van der Waals surface area contributed by atoms with Gasteiger partial charge in [0, 0.05) is 11.1 Å². The Morgan fingerprint density at radius 3 is 2.53 bits per heavy atom. The summed E-state index contributed by atoms with van der Waals surface area (Å²) in [5, 5.41) is 9.10. The summed E-state index contributed by atoms with van der Waals surface area (Å²) >= 11 is 0. The Bertz CT molecular complexity index is 639. The molecule has 0 saturated heterocycles. The first-order chi connectivity index (χ1) is 9.04. The number of ketones is 1. The molecular formula is C14H12O5. The number of methoxy groups -OCH3 is 1. The third kappa shape index (κ3) is 2.35. The zero-order valence-corrected chi connectivity index (χ0v) is 10.5. The van der Waals surface area contributed by atoms with E-state index < -0.39 is 5.97 Å². The number of benzene rings is 1. The second kappa shape index (κ2) is 4.97. The summed E-state index contributed by atoms with van der Waals surface area (Å²) in [6.07, 6.45) is 1.28. The zero-order chi connectivity index (χ0) is 14.0. The van der Waals surface area contributed by atoms with Crippen molar-refractivity contribution in [3.63, 3.8) is 0 Å². The number of rotatable bonds is 4. The summed E-state index contributed by atoms with van der Waals surface area (Å²) in [5.74, 6) is -0.615. The predicted octanol–water partition coefficient (Wildman–Crippen LogP) is 2.86. The van der Waals surface area contributed by atoms with E-state index in [0.29, 0.717) is 16.9 Å². The number of ether oxygens (including phenoxy) is 1. The van der Waals surface area contributed by atoms with Gasteiger partial charge in [0.25, 0.3) is 0 Å². The highest BCUT2D eigenvalue weighted by molar-refractivity contribution is 6.03. The molecule has 1 aromatic heterocycles. The van der Waals surface area contributed by atoms with Crippen LogP contribution in [0.5, 0.6) is 5.75 Å². The fourth-order valence-electron chi connectivity index (χ4n) is 1.83. The molecule has 2 aromatic rings. The van der Waals surface area contributed by atoms with Gasteiger partial charge in [0.15, 0.2) is 5.78 Å². The largest absolute Gasteiger partial charge is 0.497 e. The third-order valence-electron chi connectivity index (χ3n) is 2.75. The van der Waals surface area contributed by atoms with Crippen molar-refractivity contribution in [2.75, 3.05) is 7.11 Å². The summed E-state index contributed by atoms with van der Waals surface area (Å²) in [6.45, 7) is 1.41. The standard InChI is InChI=1S/C14H12O5/c1-8(15)10-4-3-9(18-2)7-12(10)13-11(14(16)17)5-6-19-13/h3-7H,1-2H3,(H,16,17). The molecule has 0 radical (unpaired) electrons. The molecule has 0 aliphatic carbocycles. The van der Waals surface area contributed by atoms with Gasteiger partial charge in [-0.3, -0.25) is 4.79 Å². The lowest BCUT2D eigenvalue weighted by molar-refractivity contribution is 0.0697. The molecule has 98 valence electrons. The second-order valence-corrected chi connectivity index (χ2v) is 3.94. The van der Waals surface area contributed by atoms with Gasteiger partial charge in [-0.2, -0.15) is 0 Å². The fourth-order valence-corrected chi connectivity index (χ4v) is 1.83. The van der Waals surface area contributed by atoms with Crippen molar-refractivity contribution in [2.24, 2.45) is 0 Å². The van der Waals surface area contributed by atoms with E-state index >= 15 is 0 Å². The lowest BCUT2D eigenvalue weighted by Crippen LogP contribution is -2.01. The van der Waals surface area contributed by atoms with Crippen molar-refractivity contribution in [1.82, 2.24) is 0 Å². The Kier molecular flexibility index (Phi) is 3.37. The first kappa shape index (κ1) is 12.9. The molecule has 0 spiro atoms. The van der Waals surface area contributed by atoms with Crippen LogP contribution in [0.4, 0.5) is 0 Å². The van der Waals surface area contributed by atoms with E-state index in [-0.39, 0.29) is 17.1 Å². The number of carboxylic acid groups (broad SMARTS) is 1. The van der Waals surface area contributed by atoms with E-state index in [0.717, 1.165) is 0 Å². The van der Waals surface area contributed by atoms with Crippen LogP contribution in [0.3, 0.4) is 0 Å². The first-order valence-corrected chi connectivity index (χ1v) is 5.54. The molecule has 0 saturated carbocycles. The van der Waals surface area contributed by atoms with Gasteiger partial charge in [-0.15, -0.1) is 0 Å². The van der Waals surface area contributed by atoms with Gasteiger partial charge in [-0.25, -0.2) is 4.79 Å². The number of hydrogen-bond acceptors (Lipinski definition) is 4. The van der Waals surface area contributed by atoms with Crippen LogP contribution < -0.4 is 4.74 Å². The van der Waals surface area contributed by atoms with Gasteiger partial charge in [0.1, 0.15) is 17.1 Å². The van der Waals surface area contributed by atoms with E-state index in [1.54, 1.807) is 18.2 Å². The monoisotopic (exact) mass is 260 g/mol. The topological polar surface area (TPSA) is 76.7 Å². The quantitative estimate of drug-likeness (QED) is 0.855. The number of hydrogen-bond donors (Lipinski definition) is 1. The summed E-state index contributed by atoms with van der Waals surface area (Å²) in [6, 6.07) is 6.16. The maximum Gasteiger partial charge on any atom is 0.339 e. The summed E-state index contributed by atoms with van der Waals surface area (Å²) in [4.78, 5) is 22.7. The Balaban J connectivity index is 2.68. The lowest BCUT2D eigenvalue weighted by Gasteiger charge is -2.08. The molecule has 1 aromatic carbocycles. The minimum atomic E-state index is -1.11. The zero-order valence-electron chi connectivity index (χ0n) is 10.5. The normalized spacial score (nSPS) is 10.2. The average Bonchev–Trinajstić information content (AvgIpc) is 2.87. The lowest BCUT2D eigenvalue weighted by atomic mass is 9.99. The third-order valence-corrected chi connectivity index (χ3v) is 2.75. The number of furan rings is 1. The number of Topliss-reactive ketones (excluding diaryl/α,β-unsaturated/α-hetero) is 1. The highest BCUT2D eigenvalue weighted by Crippen LogP contribution is 2.31. The van der Waals surface area contributed by atoms with Crippen LogP contribution >= 0.6 is 0 Å². The summed E-state index contributed by atoms with van der Waals surface area (Å²) in [5.41, 5.74) is 0.809. The number of aromatic carboxylic acids is 1. The van der Waals surface area contributed by atoms with Crippen molar-refractivity contribution in [2.45, 2.75) is 6.92 Å². The van der Waals surface area contributed by atoms with E-state index in [9.17, 15) is 9.59 Å². The van der Waals surface area contributed by atoms with Crippen LogP contribution in [0.25, 0.3) is 11.3 Å². The molecule has 1 N–H and O–H groups in total. The van der Waals surface area contributed by atoms with Gasteiger partial charge in [0.2, 0.25) is 0 Å². The molecule has 1 heterocycles. The highest BCUT2D eigenvalue weighted by Gasteiger charge is 2.20. The van der Waals surface area contributed by atoms with Crippen LogP contribution in [-0.2, 0) is 0 Å². The molecule has 0 unspecified atom stereocenters. The van der Waals surface area contributed by atoms with Crippen molar-refractivity contribution in [3.8, 4) is 17.1 Å². The first-order valence-electron chi connectivity index (χ1n) is 5.54. The fraction of sp³-hybridized carbons (Fsp3) is 0.143. The highest BCUT2D eigenvalue weighted by atomic mass is 16.5. The van der Waals surface area contributed by atoms with E-state index in [4.69, 9.17) is 14.3 Å². The minimum Gasteiger partial charge on any atom is -0.497 e. The van der Waals surface area contributed by atoms with E-state index in [1.807, 2.05) is 0 Å². The molecule has 2 rings (SSSR count). The molecule has 0 aliphatic rings. The molecule has 0 amide bonds. The molecule has 0 bridgehead atoms.